The summed E-state index contributed by atoms with van der Waals surface area (Å²) >= 11 is 0. The highest BCUT2D eigenvalue weighted by molar-refractivity contribution is 7.90. The van der Waals surface area contributed by atoms with E-state index >= 15 is 0 Å². The van der Waals surface area contributed by atoms with Crippen LogP contribution in [0.2, 0.25) is 0 Å². The number of carbonyl (C=O) groups is 1. The van der Waals surface area contributed by atoms with E-state index < -0.39 is 14.8 Å². The summed E-state index contributed by atoms with van der Waals surface area (Å²) in [5.74, 6) is -0.193. The highest BCUT2D eigenvalue weighted by atomic mass is 32.2. The zero-order chi connectivity index (χ0) is 20.9. The number of sulfone groups is 1. The molecule has 0 spiro atoms. The van der Waals surface area contributed by atoms with E-state index in [1.54, 1.807) is 22.9 Å². The van der Waals surface area contributed by atoms with Crippen LogP contribution in [0.15, 0.2) is 47.4 Å². The summed E-state index contributed by atoms with van der Waals surface area (Å²) in [4.78, 5) is 23.2. The second kappa shape index (κ2) is 6.63. The molecule has 29 heavy (non-hydrogen) atoms. The number of hydrogen-bond donors (Lipinski definition) is 0. The van der Waals surface area contributed by atoms with E-state index in [2.05, 4.69) is 5.10 Å². The van der Waals surface area contributed by atoms with Gasteiger partial charge < -0.3 is 0 Å². The highest BCUT2D eigenvalue weighted by Crippen LogP contribution is 2.39. The molecule has 0 unspecified atom stereocenters. The van der Waals surface area contributed by atoms with Crippen molar-refractivity contribution in [3.05, 3.63) is 69.4 Å². The van der Waals surface area contributed by atoms with Crippen molar-refractivity contribution in [2.24, 2.45) is 0 Å². The fraction of sp³-hybridized carbons (Fsp3) is 0.200. The molecular weight excluding hydrogens is 394 g/mol. The first-order valence-corrected chi connectivity index (χ1v) is 10.8. The number of nitro groups is 1. The van der Waals surface area contributed by atoms with Crippen molar-refractivity contribution in [2.75, 3.05) is 6.26 Å². The summed E-state index contributed by atoms with van der Waals surface area (Å²) in [6.45, 7) is 1.43. The topological polar surface area (TPSA) is 112 Å². The second-order valence-electron chi connectivity index (χ2n) is 7.01. The number of hydrogen-bond acceptors (Lipinski definition) is 6. The van der Waals surface area contributed by atoms with E-state index in [0.717, 1.165) is 17.4 Å². The van der Waals surface area contributed by atoms with Crippen molar-refractivity contribution in [2.45, 2.75) is 24.7 Å². The van der Waals surface area contributed by atoms with Crippen molar-refractivity contribution >= 4 is 21.3 Å². The van der Waals surface area contributed by atoms with Gasteiger partial charge in [-0.25, -0.2) is 13.1 Å². The Morgan fingerprint density at radius 2 is 1.83 bits per heavy atom. The Morgan fingerprint density at radius 3 is 2.41 bits per heavy atom. The molecule has 8 nitrogen and oxygen atoms in total. The van der Waals surface area contributed by atoms with Crippen molar-refractivity contribution in [3.8, 4) is 16.9 Å². The largest absolute Gasteiger partial charge is 0.293 e. The third-order valence-electron chi connectivity index (χ3n) is 5.03. The van der Waals surface area contributed by atoms with Crippen LogP contribution in [-0.4, -0.2) is 35.2 Å². The van der Waals surface area contributed by atoms with Crippen molar-refractivity contribution < 1.29 is 18.1 Å². The quantitative estimate of drug-likeness (QED) is 0.370. The molecule has 0 aliphatic heterocycles. The molecule has 0 N–H and O–H groups in total. The molecule has 0 saturated heterocycles. The van der Waals surface area contributed by atoms with E-state index in [-0.39, 0.29) is 16.4 Å². The van der Waals surface area contributed by atoms with Crippen molar-refractivity contribution in [1.29, 1.82) is 0 Å². The Labute approximate surface area is 166 Å². The fourth-order valence-electron chi connectivity index (χ4n) is 3.64. The van der Waals surface area contributed by atoms with Gasteiger partial charge in [0.25, 0.3) is 5.69 Å². The lowest BCUT2D eigenvalue weighted by Crippen LogP contribution is -2.08. The summed E-state index contributed by atoms with van der Waals surface area (Å²) in [6, 6.07) is 10.9. The predicted molar refractivity (Wildman–Crippen MR) is 106 cm³/mol. The first kappa shape index (κ1) is 19.0. The summed E-state index contributed by atoms with van der Waals surface area (Å²) in [5.41, 5.74) is 3.83. The molecule has 0 amide bonds. The fourth-order valence-corrected chi connectivity index (χ4v) is 4.27. The average Bonchev–Trinajstić information content (AvgIpc) is 3.07. The van der Waals surface area contributed by atoms with Gasteiger partial charge in [-0.2, -0.15) is 5.10 Å². The van der Waals surface area contributed by atoms with Crippen molar-refractivity contribution in [1.82, 2.24) is 9.78 Å². The van der Waals surface area contributed by atoms with Crippen LogP contribution in [0.5, 0.6) is 0 Å². The van der Waals surface area contributed by atoms with Gasteiger partial charge in [0.1, 0.15) is 5.69 Å². The number of fused-ring (bicyclic) bond motifs is 3. The van der Waals surface area contributed by atoms with Crippen molar-refractivity contribution in [3.63, 3.8) is 0 Å². The molecule has 0 fully saturated rings. The lowest BCUT2D eigenvalue weighted by Gasteiger charge is -2.18. The molecule has 9 heteroatoms. The standard InChI is InChI=1S/C20H17N3O5S/c1-12(24)19-17-10-4-13-3-5-15(23(25)26)11-18(13)20(17)22(21-19)14-6-8-16(9-7-14)29(2,27)28/h3,5-9,11H,4,10H2,1-2H3. The first-order chi connectivity index (χ1) is 13.7. The molecule has 0 atom stereocenters. The van der Waals surface area contributed by atoms with Gasteiger partial charge in [0, 0.05) is 36.4 Å². The van der Waals surface area contributed by atoms with Gasteiger partial charge >= 0.3 is 0 Å². The van der Waals surface area contributed by atoms with Crippen LogP contribution in [0.3, 0.4) is 0 Å². The molecule has 0 radical (unpaired) electrons. The smallest absolute Gasteiger partial charge is 0.270 e. The Hall–Kier alpha value is -3.33. The minimum Gasteiger partial charge on any atom is -0.293 e. The lowest BCUT2D eigenvalue weighted by atomic mass is 9.88. The number of nitro benzene ring substituents is 1. The van der Waals surface area contributed by atoms with Crippen LogP contribution < -0.4 is 0 Å². The predicted octanol–water partition coefficient (Wildman–Crippen LogP) is 3.15. The Kier molecular flexibility index (Phi) is 4.34. The molecule has 1 aromatic heterocycles. The van der Waals surface area contributed by atoms with Gasteiger partial charge in [-0.3, -0.25) is 14.9 Å². The van der Waals surface area contributed by atoms with E-state index in [9.17, 15) is 23.3 Å². The molecule has 2 aromatic carbocycles. The number of aromatic nitrogens is 2. The average molecular weight is 411 g/mol. The zero-order valence-corrected chi connectivity index (χ0v) is 16.6. The number of carbonyl (C=O) groups excluding carboxylic acids is 1. The molecular formula is C20H17N3O5S. The van der Waals surface area contributed by atoms with Crippen LogP contribution in [-0.2, 0) is 22.7 Å². The number of non-ortho nitro benzene ring substituents is 1. The minimum absolute atomic E-state index is 0.0406. The first-order valence-electron chi connectivity index (χ1n) is 8.88. The number of Topliss-reactive ketones (excluding diaryl/α,β-unsaturated/α-hetero) is 1. The van der Waals surface area contributed by atoms with E-state index in [4.69, 9.17) is 0 Å². The molecule has 4 rings (SSSR count). The number of aryl methyl sites for hydroxylation is 1. The molecule has 1 aliphatic rings. The van der Waals surface area contributed by atoms with Gasteiger partial charge in [0.05, 0.1) is 21.2 Å². The Morgan fingerprint density at radius 1 is 1.14 bits per heavy atom. The summed E-state index contributed by atoms with van der Waals surface area (Å²) in [7, 11) is -3.35. The van der Waals surface area contributed by atoms with Gasteiger partial charge in [0.2, 0.25) is 0 Å². The van der Waals surface area contributed by atoms with Crippen LogP contribution in [0.25, 0.3) is 16.9 Å². The molecule has 0 saturated carbocycles. The minimum atomic E-state index is -3.35. The SMILES string of the molecule is CC(=O)c1nn(-c2ccc(S(C)(=O)=O)cc2)c2c1CCc1ccc([N+](=O)[O-])cc1-2. The zero-order valence-electron chi connectivity index (χ0n) is 15.7. The molecule has 148 valence electrons. The van der Waals surface area contributed by atoms with Crippen LogP contribution in [0.1, 0.15) is 28.5 Å². The monoisotopic (exact) mass is 411 g/mol. The number of ketones is 1. The molecule has 3 aromatic rings. The maximum Gasteiger partial charge on any atom is 0.270 e. The molecule has 1 heterocycles. The van der Waals surface area contributed by atoms with Crippen LogP contribution in [0, 0.1) is 10.1 Å². The van der Waals surface area contributed by atoms with Gasteiger partial charge in [-0.05, 0) is 42.7 Å². The molecule has 1 aliphatic carbocycles. The second-order valence-corrected chi connectivity index (χ2v) is 9.02. The summed E-state index contributed by atoms with van der Waals surface area (Å²) in [6.07, 6.45) is 2.37. The summed E-state index contributed by atoms with van der Waals surface area (Å²) in [5, 5.41) is 15.7. The van der Waals surface area contributed by atoms with Crippen LogP contribution in [0.4, 0.5) is 5.69 Å². The van der Waals surface area contributed by atoms with E-state index in [0.29, 0.717) is 35.5 Å². The third-order valence-corrected chi connectivity index (χ3v) is 6.16. The number of rotatable bonds is 4. The molecule has 0 bridgehead atoms. The normalized spacial score (nSPS) is 12.9. The maximum atomic E-state index is 12.2. The van der Waals surface area contributed by atoms with E-state index in [1.165, 1.54) is 31.2 Å². The number of nitrogens with zero attached hydrogens (tertiary/aromatic N) is 3. The third kappa shape index (κ3) is 3.23. The van der Waals surface area contributed by atoms with E-state index in [1.807, 2.05) is 0 Å². The van der Waals surface area contributed by atoms with Crippen LogP contribution >= 0.6 is 0 Å². The van der Waals surface area contributed by atoms with Gasteiger partial charge in [0.15, 0.2) is 15.6 Å². The Balaban J connectivity index is 1.97. The number of benzene rings is 2. The highest BCUT2D eigenvalue weighted by Gasteiger charge is 2.29. The van der Waals surface area contributed by atoms with Gasteiger partial charge in [-0.1, -0.05) is 6.07 Å². The van der Waals surface area contributed by atoms with Gasteiger partial charge in [-0.15, -0.1) is 0 Å². The Bertz CT molecular complexity index is 1270. The summed E-state index contributed by atoms with van der Waals surface area (Å²) < 4.78 is 25.1. The maximum absolute atomic E-state index is 12.2. The lowest BCUT2D eigenvalue weighted by molar-refractivity contribution is -0.384.